The zero-order valence-electron chi connectivity index (χ0n) is 14.5. The minimum Gasteiger partial charge on any atom is -0.481 e. The fraction of sp³-hybridized carbons (Fsp3) is 0.556. The first-order chi connectivity index (χ1) is 12.5. The third kappa shape index (κ3) is 4.69. The van der Waals surface area contributed by atoms with Crippen LogP contribution in [0.4, 0.5) is 14.5 Å². The Bertz CT molecular complexity index is 681. The molecule has 6 nitrogen and oxygen atoms in total. The Morgan fingerprint density at radius 2 is 1.92 bits per heavy atom. The van der Waals surface area contributed by atoms with Crippen LogP contribution in [0.25, 0.3) is 0 Å². The second-order valence-corrected chi connectivity index (χ2v) is 6.66. The zero-order chi connectivity index (χ0) is 18.5. The lowest BCUT2D eigenvalue weighted by molar-refractivity contribution is -0.136. The van der Waals surface area contributed by atoms with E-state index in [1.165, 1.54) is 0 Å². The number of anilines is 1. The van der Waals surface area contributed by atoms with Gasteiger partial charge in [0.25, 0.3) is 0 Å². The Kier molecular flexibility index (Phi) is 6.03. The summed E-state index contributed by atoms with van der Waals surface area (Å²) in [6.45, 7) is 2.91. The Balaban J connectivity index is 1.59. The third-order valence-corrected chi connectivity index (χ3v) is 4.76. The van der Waals surface area contributed by atoms with E-state index in [0.717, 1.165) is 43.8 Å². The van der Waals surface area contributed by atoms with Crippen LogP contribution in [-0.4, -0.2) is 49.1 Å². The van der Waals surface area contributed by atoms with Gasteiger partial charge in [-0.3, -0.25) is 4.79 Å². The minimum atomic E-state index is -1.19. The third-order valence-electron chi connectivity index (χ3n) is 4.76. The first kappa shape index (κ1) is 18.6. The van der Waals surface area contributed by atoms with Crippen molar-refractivity contribution in [1.29, 1.82) is 0 Å². The predicted molar refractivity (Wildman–Crippen MR) is 93.6 cm³/mol. The molecule has 0 bridgehead atoms. The normalized spacial score (nSPS) is 18.7. The summed E-state index contributed by atoms with van der Waals surface area (Å²) in [4.78, 5) is 18.1. The van der Waals surface area contributed by atoms with Gasteiger partial charge in [-0.15, -0.1) is 0 Å². The quantitative estimate of drug-likeness (QED) is 0.782. The molecule has 8 heteroatoms. The number of benzene rings is 1. The smallest absolute Gasteiger partial charge is 0.307 e. The van der Waals surface area contributed by atoms with Crippen molar-refractivity contribution in [2.24, 2.45) is 5.16 Å². The lowest BCUT2D eigenvalue weighted by atomic mass is 10.1. The van der Waals surface area contributed by atoms with Crippen molar-refractivity contribution in [2.75, 3.05) is 31.1 Å². The van der Waals surface area contributed by atoms with Crippen LogP contribution in [0.15, 0.2) is 17.3 Å². The maximum atomic E-state index is 14.3. The van der Waals surface area contributed by atoms with Gasteiger partial charge in [-0.1, -0.05) is 5.16 Å². The number of aliphatic carboxylic acids is 1. The Morgan fingerprint density at radius 3 is 2.58 bits per heavy atom. The van der Waals surface area contributed by atoms with Crippen LogP contribution in [0, 0.1) is 11.6 Å². The number of piperidine rings is 2. The van der Waals surface area contributed by atoms with Crippen molar-refractivity contribution in [1.82, 2.24) is 5.32 Å². The van der Waals surface area contributed by atoms with Gasteiger partial charge in [0.2, 0.25) is 0 Å². The molecule has 0 aliphatic carbocycles. The van der Waals surface area contributed by atoms with Gasteiger partial charge >= 0.3 is 5.97 Å². The van der Waals surface area contributed by atoms with E-state index < -0.39 is 24.0 Å². The number of halogens is 2. The highest BCUT2D eigenvalue weighted by atomic mass is 19.1. The first-order valence-corrected chi connectivity index (χ1v) is 8.90. The van der Waals surface area contributed by atoms with Crippen LogP contribution in [-0.2, 0) is 16.1 Å². The summed E-state index contributed by atoms with van der Waals surface area (Å²) in [5.74, 6) is -2.49. The van der Waals surface area contributed by atoms with Crippen LogP contribution in [0.2, 0.25) is 0 Å². The summed E-state index contributed by atoms with van der Waals surface area (Å²) >= 11 is 0. The number of rotatable bonds is 5. The molecule has 2 N–H and O–H groups in total. The largest absolute Gasteiger partial charge is 0.481 e. The molecule has 2 aliphatic rings. The number of carbonyl (C=O) groups is 1. The van der Waals surface area contributed by atoms with Crippen molar-refractivity contribution in [3.05, 3.63) is 29.3 Å². The van der Waals surface area contributed by atoms with Crippen molar-refractivity contribution < 1.29 is 23.5 Å². The van der Waals surface area contributed by atoms with Crippen molar-refractivity contribution in [3.63, 3.8) is 0 Å². The topological polar surface area (TPSA) is 74.2 Å². The van der Waals surface area contributed by atoms with Crippen LogP contribution >= 0.6 is 0 Å². The van der Waals surface area contributed by atoms with Crippen LogP contribution in [0.1, 0.15) is 31.2 Å². The van der Waals surface area contributed by atoms with Gasteiger partial charge in [0.15, 0.2) is 0 Å². The Hall–Kier alpha value is -2.22. The summed E-state index contributed by atoms with van der Waals surface area (Å²) in [6, 6.07) is 2.06. The molecule has 2 heterocycles. The van der Waals surface area contributed by atoms with E-state index in [4.69, 9.17) is 9.94 Å². The molecule has 0 spiro atoms. The van der Waals surface area contributed by atoms with Gasteiger partial charge in [0, 0.05) is 37.6 Å². The molecule has 1 aromatic rings. The molecule has 0 saturated carbocycles. The van der Waals surface area contributed by atoms with Gasteiger partial charge in [0.1, 0.15) is 17.7 Å². The standard InChI is InChI=1S/C18H23F2N3O3/c19-15-11-17(16(20)9-12(15)10-18(24)25)23-7-3-13(4-8-23)22-26-14-1-5-21-6-2-14/h9,11,14,21H,1-8,10H2,(H,24,25). The summed E-state index contributed by atoms with van der Waals surface area (Å²) in [7, 11) is 0. The number of nitrogens with zero attached hydrogens (tertiary/aromatic N) is 2. The summed E-state index contributed by atoms with van der Waals surface area (Å²) in [5, 5.41) is 16.3. The average molecular weight is 367 g/mol. The predicted octanol–water partition coefficient (Wildman–Crippen LogP) is 2.32. The molecule has 0 aromatic heterocycles. The second kappa shape index (κ2) is 8.44. The fourth-order valence-electron chi connectivity index (χ4n) is 3.27. The molecule has 0 radical (unpaired) electrons. The van der Waals surface area contributed by atoms with Crippen molar-refractivity contribution in [2.45, 2.75) is 38.2 Å². The van der Waals surface area contributed by atoms with E-state index in [9.17, 15) is 13.6 Å². The van der Waals surface area contributed by atoms with Crippen molar-refractivity contribution >= 4 is 17.4 Å². The molecule has 26 heavy (non-hydrogen) atoms. The zero-order valence-corrected chi connectivity index (χ0v) is 14.5. The average Bonchev–Trinajstić information content (AvgIpc) is 2.64. The molecule has 0 atom stereocenters. The number of hydrogen-bond acceptors (Lipinski definition) is 5. The van der Waals surface area contributed by atoms with Gasteiger partial charge < -0.3 is 20.2 Å². The molecule has 142 valence electrons. The number of oxime groups is 1. The summed E-state index contributed by atoms with van der Waals surface area (Å²) < 4.78 is 28.3. The molecule has 0 amide bonds. The maximum Gasteiger partial charge on any atom is 0.307 e. The molecular formula is C18H23F2N3O3. The van der Waals surface area contributed by atoms with Crippen molar-refractivity contribution in [3.8, 4) is 0 Å². The number of carboxylic acids is 1. The molecule has 0 unspecified atom stereocenters. The van der Waals surface area contributed by atoms with E-state index in [0.29, 0.717) is 25.9 Å². The first-order valence-electron chi connectivity index (χ1n) is 8.90. The van der Waals surface area contributed by atoms with E-state index in [1.807, 2.05) is 0 Å². The van der Waals surface area contributed by atoms with Gasteiger partial charge in [0.05, 0.1) is 17.8 Å². The maximum absolute atomic E-state index is 14.3. The van der Waals surface area contributed by atoms with Gasteiger partial charge in [-0.25, -0.2) is 8.78 Å². The highest BCUT2D eigenvalue weighted by molar-refractivity contribution is 5.86. The molecule has 2 fully saturated rings. The van der Waals surface area contributed by atoms with Gasteiger partial charge in [-0.05, 0) is 32.0 Å². The molecule has 2 aliphatic heterocycles. The van der Waals surface area contributed by atoms with E-state index in [-0.39, 0.29) is 17.4 Å². The van der Waals surface area contributed by atoms with Gasteiger partial charge in [-0.2, -0.15) is 0 Å². The highest BCUT2D eigenvalue weighted by Gasteiger charge is 2.22. The SMILES string of the molecule is O=C(O)Cc1cc(F)c(N2CCC(=NOC3CCNCC3)CC2)cc1F. The fourth-order valence-corrected chi connectivity index (χ4v) is 3.27. The summed E-state index contributed by atoms with van der Waals surface area (Å²) in [5.41, 5.74) is 0.950. The van der Waals surface area contributed by atoms with Crippen LogP contribution in [0.3, 0.4) is 0 Å². The number of nitrogens with one attached hydrogen (secondary N) is 1. The monoisotopic (exact) mass is 367 g/mol. The second-order valence-electron chi connectivity index (χ2n) is 6.66. The van der Waals surface area contributed by atoms with E-state index in [1.54, 1.807) is 4.90 Å². The minimum absolute atomic E-state index is 0.145. The molecule has 3 rings (SSSR count). The molecule has 1 aromatic carbocycles. The lowest BCUT2D eigenvalue weighted by Gasteiger charge is -2.30. The Morgan fingerprint density at radius 1 is 1.23 bits per heavy atom. The number of hydrogen-bond donors (Lipinski definition) is 2. The molecular weight excluding hydrogens is 344 g/mol. The van der Waals surface area contributed by atoms with E-state index in [2.05, 4.69) is 10.5 Å². The highest BCUT2D eigenvalue weighted by Crippen LogP contribution is 2.26. The molecule has 2 saturated heterocycles. The Labute approximate surface area is 150 Å². The summed E-state index contributed by atoms with van der Waals surface area (Å²) in [6.07, 6.45) is 2.75. The number of carboxylic acid groups (broad SMARTS) is 1. The van der Waals surface area contributed by atoms with Crippen LogP contribution in [0.5, 0.6) is 0 Å². The van der Waals surface area contributed by atoms with E-state index >= 15 is 0 Å². The van der Waals surface area contributed by atoms with Crippen LogP contribution < -0.4 is 10.2 Å². The lowest BCUT2D eigenvalue weighted by Crippen LogP contribution is -2.35.